The number of benzene rings is 1. The molecule has 0 amide bonds. The van der Waals surface area contributed by atoms with Crippen molar-refractivity contribution < 1.29 is 14.6 Å². The number of carbonyl (C=O) groups is 1. The molecule has 2 aliphatic carbocycles. The third-order valence-electron chi connectivity index (χ3n) is 4.63. The maximum Gasteiger partial charge on any atom is 0.307 e. The molecular weight excluding hydrogens is 240 g/mol. The minimum Gasteiger partial charge on any atom is -0.493 e. The lowest BCUT2D eigenvalue weighted by Crippen LogP contribution is -2.18. The van der Waals surface area contributed by atoms with Crippen molar-refractivity contribution in [3.63, 3.8) is 0 Å². The van der Waals surface area contributed by atoms with Gasteiger partial charge in [-0.3, -0.25) is 4.79 Å². The van der Waals surface area contributed by atoms with Crippen LogP contribution in [0.25, 0.3) is 0 Å². The molecule has 2 aliphatic rings. The Hall–Kier alpha value is -1.51. The van der Waals surface area contributed by atoms with E-state index < -0.39 is 5.97 Å². The fourth-order valence-corrected chi connectivity index (χ4v) is 3.66. The minimum absolute atomic E-state index is 0.0761. The molecule has 1 aromatic rings. The van der Waals surface area contributed by atoms with E-state index in [1.54, 1.807) is 0 Å². The topological polar surface area (TPSA) is 46.5 Å². The van der Waals surface area contributed by atoms with Gasteiger partial charge in [-0.1, -0.05) is 18.6 Å². The van der Waals surface area contributed by atoms with Crippen molar-refractivity contribution in [2.75, 3.05) is 6.61 Å². The molecule has 1 N–H and O–H groups in total. The summed E-state index contributed by atoms with van der Waals surface area (Å²) >= 11 is 0. The number of hydrogen-bond donors (Lipinski definition) is 1. The van der Waals surface area contributed by atoms with E-state index in [0.29, 0.717) is 0 Å². The molecule has 1 aromatic carbocycles. The second-order valence-electron chi connectivity index (χ2n) is 5.96. The zero-order valence-corrected chi connectivity index (χ0v) is 11.0. The highest BCUT2D eigenvalue weighted by Crippen LogP contribution is 2.48. The first-order chi connectivity index (χ1) is 9.20. The zero-order chi connectivity index (χ0) is 13.2. The Morgan fingerprint density at radius 2 is 2.00 bits per heavy atom. The van der Waals surface area contributed by atoms with Gasteiger partial charge >= 0.3 is 5.97 Å². The van der Waals surface area contributed by atoms with Crippen molar-refractivity contribution in [2.45, 2.75) is 32.1 Å². The maximum atomic E-state index is 10.6. The smallest absolute Gasteiger partial charge is 0.307 e. The van der Waals surface area contributed by atoms with Gasteiger partial charge in [-0.2, -0.15) is 0 Å². The van der Waals surface area contributed by atoms with E-state index in [2.05, 4.69) is 0 Å². The van der Waals surface area contributed by atoms with Crippen LogP contribution in [-0.4, -0.2) is 17.7 Å². The van der Waals surface area contributed by atoms with Crippen molar-refractivity contribution >= 4 is 5.97 Å². The maximum absolute atomic E-state index is 10.6. The number of rotatable bonds is 5. The lowest BCUT2D eigenvalue weighted by molar-refractivity contribution is -0.136. The number of carboxylic acids is 1. The summed E-state index contributed by atoms with van der Waals surface area (Å²) in [6.07, 6.45) is 5.63. The summed E-state index contributed by atoms with van der Waals surface area (Å²) in [5.41, 5.74) is 0.819. The predicted molar refractivity (Wildman–Crippen MR) is 72.2 cm³/mol. The standard InChI is InChI=1S/C16H20O3/c17-16(18)9-11-2-5-15(6-3-11)19-10-14-8-12-1-4-13(14)7-12/h2-3,5-6,12-14H,1,4,7-10H2,(H,17,18). The third kappa shape index (κ3) is 2.91. The van der Waals surface area contributed by atoms with Gasteiger partial charge in [0.05, 0.1) is 13.0 Å². The Balaban J connectivity index is 1.51. The van der Waals surface area contributed by atoms with Crippen LogP contribution < -0.4 is 4.74 Å². The molecule has 3 unspecified atom stereocenters. The Bertz CT molecular complexity index is 452. The van der Waals surface area contributed by atoms with Crippen molar-refractivity contribution in [3.05, 3.63) is 29.8 Å². The number of ether oxygens (including phenoxy) is 1. The van der Waals surface area contributed by atoms with E-state index >= 15 is 0 Å². The fourth-order valence-electron chi connectivity index (χ4n) is 3.66. The van der Waals surface area contributed by atoms with Gasteiger partial charge in [-0.05, 0) is 54.7 Å². The number of carboxylic acid groups (broad SMARTS) is 1. The number of aliphatic carboxylic acids is 1. The summed E-state index contributed by atoms with van der Waals surface area (Å²) in [4.78, 5) is 10.6. The highest BCUT2D eigenvalue weighted by Gasteiger charge is 2.39. The first-order valence-electron chi connectivity index (χ1n) is 7.14. The quantitative estimate of drug-likeness (QED) is 0.884. The van der Waals surface area contributed by atoms with Crippen LogP contribution in [0.1, 0.15) is 31.2 Å². The summed E-state index contributed by atoms with van der Waals surface area (Å²) in [6, 6.07) is 7.44. The largest absolute Gasteiger partial charge is 0.493 e. The Morgan fingerprint density at radius 1 is 1.21 bits per heavy atom. The van der Waals surface area contributed by atoms with Crippen LogP contribution in [0.2, 0.25) is 0 Å². The Morgan fingerprint density at radius 3 is 2.58 bits per heavy atom. The zero-order valence-electron chi connectivity index (χ0n) is 11.0. The molecule has 0 spiro atoms. The summed E-state index contributed by atoms with van der Waals surface area (Å²) in [7, 11) is 0. The first kappa shape index (κ1) is 12.5. The van der Waals surface area contributed by atoms with Gasteiger partial charge < -0.3 is 9.84 Å². The molecule has 0 saturated heterocycles. The average molecular weight is 260 g/mol. The van der Waals surface area contributed by atoms with Crippen LogP contribution in [0.3, 0.4) is 0 Å². The summed E-state index contributed by atoms with van der Waals surface area (Å²) < 4.78 is 5.86. The van der Waals surface area contributed by atoms with Gasteiger partial charge in [0.2, 0.25) is 0 Å². The van der Waals surface area contributed by atoms with Crippen LogP contribution >= 0.6 is 0 Å². The normalized spacial score (nSPS) is 28.5. The van der Waals surface area contributed by atoms with E-state index in [-0.39, 0.29) is 6.42 Å². The van der Waals surface area contributed by atoms with E-state index in [0.717, 1.165) is 35.7 Å². The van der Waals surface area contributed by atoms with Crippen LogP contribution in [0.5, 0.6) is 5.75 Å². The molecule has 0 radical (unpaired) electrons. The summed E-state index contributed by atoms with van der Waals surface area (Å²) in [5.74, 6) is 2.64. The molecule has 3 heteroatoms. The number of fused-ring (bicyclic) bond motifs is 2. The lowest BCUT2D eigenvalue weighted by atomic mass is 9.89. The van der Waals surface area contributed by atoms with Gasteiger partial charge in [0.25, 0.3) is 0 Å². The van der Waals surface area contributed by atoms with Crippen LogP contribution in [0, 0.1) is 17.8 Å². The van der Waals surface area contributed by atoms with Crippen molar-refractivity contribution in [3.8, 4) is 5.75 Å². The molecule has 0 aliphatic heterocycles. The van der Waals surface area contributed by atoms with Crippen LogP contribution in [-0.2, 0) is 11.2 Å². The molecule has 2 fully saturated rings. The van der Waals surface area contributed by atoms with E-state index in [1.165, 1.54) is 25.7 Å². The highest BCUT2D eigenvalue weighted by molar-refractivity contribution is 5.70. The Labute approximate surface area is 113 Å². The summed E-state index contributed by atoms with van der Waals surface area (Å²) in [5, 5.41) is 8.71. The van der Waals surface area contributed by atoms with Crippen LogP contribution in [0.15, 0.2) is 24.3 Å². The third-order valence-corrected chi connectivity index (χ3v) is 4.63. The van der Waals surface area contributed by atoms with Gasteiger partial charge in [-0.25, -0.2) is 0 Å². The minimum atomic E-state index is -0.796. The van der Waals surface area contributed by atoms with Gasteiger partial charge in [-0.15, -0.1) is 0 Å². The van der Waals surface area contributed by atoms with Gasteiger partial charge in [0, 0.05) is 0 Å². The molecule has 102 valence electrons. The molecule has 0 heterocycles. The summed E-state index contributed by atoms with van der Waals surface area (Å²) in [6.45, 7) is 0.819. The molecule has 19 heavy (non-hydrogen) atoms. The average Bonchev–Trinajstić information content (AvgIpc) is 2.99. The molecule has 2 saturated carbocycles. The second-order valence-corrected chi connectivity index (χ2v) is 5.96. The van der Waals surface area contributed by atoms with Crippen LogP contribution in [0.4, 0.5) is 0 Å². The van der Waals surface area contributed by atoms with E-state index in [4.69, 9.17) is 9.84 Å². The molecule has 3 rings (SSSR count). The molecule has 3 atom stereocenters. The molecule has 0 aromatic heterocycles. The van der Waals surface area contributed by atoms with Crippen molar-refractivity contribution in [2.24, 2.45) is 17.8 Å². The van der Waals surface area contributed by atoms with Crippen molar-refractivity contribution in [1.82, 2.24) is 0 Å². The molecular formula is C16H20O3. The SMILES string of the molecule is O=C(O)Cc1ccc(OCC2CC3CCC2C3)cc1. The first-order valence-corrected chi connectivity index (χ1v) is 7.14. The van der Waals surface area contributed by atoms with Gasteiger partial charge in [0.15, 0.2) is 0 Å². The van der Waals surface area contributed by atoms with Crippen molar-refractivity contribution in [1.29, 1.82) is 0 Å². The molecule has 2 bridgehead atoms. The van der Waals surface area contributed by atoms with E-state index in [1.807, 2.05) is 24.3 Å². The lowest BCUT2D eigenvalue weighted by Gasteiger charge is -2.21. The number of hydrogen-bond acceptors (Lipinski definition) is 2. The molecule has 3 nitrogen and oxygen atoms in total. The highest BCUT2D eigenvalue weighted by atomic mass is 16.5. The monoisotopic (exact) mass is 260 g/mol. The van der Waals surface area contributed by atoms with E-state index in [9.17, 15) is 4.79 Å². The predicted octanol–water partition coefficient (Wildman–Crippen LogP) is 3.13. The Kier molecular flexibility index (Phi) is 3.45. The van der Waals surface area contributed by atoms with Gasteiger partial charge in [0.1, 0.15) is 5.75 Å². The fraction of sp³-hybridized carbons (Fsp3) is 0.562. The second kappa shape index (κ2) is 5.24.